The molecule has 0 atom stereocenters. The zero-order chi connectivity index (χ0) is 25.2. The van der Waals surface area contributed by atoms with Gasteiger partial charge in [-0.2, -0.15) is 4.98 Å². The molecule has 5 rings (SSSR count). The Balaban J connectivity index is 1.46. The van der Waals surface area contributed by atoms with Crippen LogP contribution in [0.1, 0.15) is 58.4 Å². The Morgan fingerprint density at radius 3 is 2.67 bits per heavy atom. The summed E-state index contributed by atoms with van der Waals surface area (Å²) in [7, 11) is 0. The number of nitrogens with one attached hydrogen (secondary N) is 1. The van der Waals surface area contributed by atoms with E-state index in [1.54, 1.807) is 19.2 Å². The van der Waals surface area contributed by atoms with Crippen LogP contribution in [0.4, 0.5) is 17.5 Å². The fourth-order valence-electron chi connectivity index (χ4n) is 4.71. The second-order valence-electron chi connectivity index (χ2n) is 9.88. The monoisotopic (exact) mass is 509 g/mol. The highest BCUT2D eigenvalue weighted by atomic mass is 35.5. The van der Waals surface area contributed by atoms with Crippen LogP contribution in [0.5, 0.6) is 5.75 Å². The summed E-state index contributed by atoms with van der Waals surface area (Å²) in [5.41, 5.74) is 1.45. The largest absolute Gasteiger partial charge is 0.480 e. The van der Waals surface area contributed by atoms with Gasteiger partial charge in [0.25, 0.3) is 5.56 Å². The number of carbonyl (C=O) groups is 1. The van der Waals surface area contributed by atoms with Gasteiger partial charge in [-0.25, -0.2) is 4.98 Å². The number of ether oxygens (including phenoxy) is 1. The molecule has 2 fully saturated rings. The molecule has 1 aliphatic carbocycles. The van der Waals surface area contributed by atoms with E-state index >= 15 is 0 Å². The maximum atomic E-state index is 13.2. The van der Waals surface area contributed by atoms with Crippen molar-refractivity contribution in [3.8, 4) is 5.75 Å². The number of anilines is 3. The van der Waals surface area contributed by atoms with Gasteiger partial charge in [0, 0.05) is 36.6 Å². The third-order valence-corrected chi connectivity index (χ3v) is 7.56. The van der Waals surface area contributed by atoms with Crippen LogP contribution in [0.25, 0.3) is 10.9 Å². The van der Waals surface area contributed by atoms with Crippen LogP contribution in [0.2, 0.25) is 5.02 Å². The highest BCUT2D eigenvalue weighted by Crippen LogP contribution is 2.35. The molecule has 1 N–H and O–H groups in total. The van der Waals surface area contributed by atoms with Crippen molar-refractivity contribution in [1.29, 1.82) is 0 Å². The van der Waals surface area contributed by atoms with Crippen molar-refractivity contribution in [2.75, 3.05) is 29.9 Å². The smallest absolute Gasteiger partial charge is 0.293 e. The van der Waals surface area contributed by atoms with Gasteiger partial charge < -0.3 is 19.5 Å². The van der Waals surface area contributed by atoms with Gasteiger partial charge in [-0.05, 0) is 62.3 Å². The van der Waals surface area contributed by atoms with E-state index in [-0.39, 0.29) is 29.7 Å². The molecule has 8 nitrogen and oxygen atoms in total. The summed E-state index contributed by atoms with van der Waals surface area (Å²) in [6.45, 7) is 5.82. The fourth-order valence-corrected chi connectivity index (χ4v) is 4.85. The van der Waals surface area contributed by atoms with Crippen molar-refractivity contribution in [3.63, 3.8) is 0 Å². The zero-order valence-electron chi connectivity index (χ0n) is 20.8. The van der Waals surface area contributed by atoms with E-state index < -0.39 is 0 Å². The molecular weight excluding hydrogens is 478 g/mol. The van der Waals surface area contributed by atoms with Crippen LogP contribution in [-0.4, -0.2) is 40.0 Å². The van der Waals surface area contributed by atoms with Crippen LogP contribution in [-0.2, 0) is 4.79 Å². The number of Topliss-reactive ketones (excluding diaryl/α,β-unsaturated/α-hetero) is 1. The average molecular weight is 510 g/mol. The number of fused-ring (bicyclic) bond motifs is 1. The molecule has 9 heteroatoms. The number of rotatable bonds is 8. The Morgan fingerprint density at radius 1 is 1.19 bits per heavy atom. The normalized spacial score (nSPS) is 16.7. The third kappa shape index (κ3) is 5.05. The van der Waals surface area contributed by atoms with Crippen molar-refractivity contribution in [3.05, 3.63) is 45.8 Å². The molecule has 0 spiro atoms. The van der Waals surface area contributed by atoms with Crippen molar-refractivity contribution < 1.29 is 9.53 Å². The molecule has 1 aromatic carbocycles. The lowest BCUT2D eigenvalue weighted by atomic mass is 9.92. The molecule has 2 aromatic heterocycles. The highest BCUT2D eigenvalue weighted by Gasteiger charge is 2.24. The number of carbonyl (C=O) groups excluding carboxylic acids is 1. The zero-order valence-corrected chi connectivity index (χ0v) is 21.6. The first-order valence-corrected chi connectivity index (χ1v) is 13.2. The Kier molecular flexibility index (Phi) is 7.14. The lowest BCUT2D eigenvalue weighted by Crippen LogP contribution is -2.34. The highest BCUT2D eigenvalue weighted by molar-refractivity contribution is 6.32. The van der Waals surface area contributed by atoms with Gasteiger partial charge in [0.05, 0.1) is 11.7 Å². The topological polar surface area (TPSA) is 89.3 Å². The van der Waals surface area contributed by atoms with Gasteiger partial charge in [-0.1, -0.05) is 25.4 Å². The van der Waals surface area contributed by atoms with Crippen LogP contribution >= 0.6 is 11.6 Å². The molecule has 1 aliphatic heterocycles. The molecule has 1 saturated carbocycles. The molecule has 2 aliphatic rings. The van der Waals surface area contributed by atoms with Crippen LogP contribution < -0.4 is 20.5 Å². The number of halogens is 1. The molecule has 0 bridgehead atoms. The number of aromatic nitrogens is 3. The van der Waals surface area contributed by atoms with E-state index in [2.05, 4.69) is 22.1 Å². The Morgan fingerprint density at radius 2 is 1.97 bits per heavy atom. The minimum atomic E-state index is -0.184. The second-order valence-corrected chi connectivity index (χ2v) is 10.3. The molecule has 0 radical (unpaired) electrons. The molecule has 0 amide bonds. The number of piperidine rings is 1. The van der Waals surface area contributed by atoms with E-state index in [4.69, 9.17) is 21.3 Å². The predicted octanol–water partition coefficient (Wildman–Crippen LogP) is 5.51. The molecule has 190 valence electrons. The summed E-state index contributed by atoms with van der Waals surface area (Å²) >= 11 is 6.45. The molecule has 3 aromatic rings. The Hall–Kier alpha value is -3.13. The van der Waals surface area contributed by atoms with E-state index in [0.717, 1.165) is 67.7 Å². The summed E-state index contributed by atoms with van der Waals surface area (Å²) in [4.78, 5) is 36.4. The summed E-state index contributed by atoms with van der Waals surface area (Å²) in [6.07, 6.45) is 7.27. The molecule has 1 saturated heterocycles. The number of hydrogen-bond acceptors (Lipinski definition) is 7. The summed E-state index contributed by atoms with van der Waals surface area (Å²) in [5.74, 6) is 2.09. The Bertz CT molecular complexity index is 1330. The number of ketones is 1. The molecule has 3 heterocycles. The SMILES string of the molecule is CCC(=O)COc1cc2cc(Nc3nc(N4CCC(C)CC4)ncc3Cl)ccc2n(C2CCC2)c1=O. The maximum Gasteiger partial charge on any atom is 0.293 e. The van der Waals surface area contributed by atoms with E-state index in [1.807, 2.05) is 22.8 Å². The first kappa shape index (κ1) is 24.6. The van der Waals surface area contributed by atoms with E-state index in [9.17, 15) is 9.59 Å². The first-order valence-electron chi connectivity index (χ1n) is 12.8. The Labute approximate surface area is 215 Å². The first-order chi connectivity index (χ1) is 17.4. The minimum Gasteiger partial charge on any atom is -0.480 e. The lowest BCUT2D eigenvalue weighted by Gasteiger charge is -2.30. The standard InChI is InChI=1S/C27H32ClN5O3/c1-3-21(34)16-36-24-14-18-13-19(7-8-23(18)33(26(24)35)20-5-4-6-20)30-25-22(28)15-29-27(31-25)32-11-9-17(2)10-12-32/h7-8,13-15,17,20H,3-6,9-12,16H2,1-2H3,(H,29,30,31). The van der Waals surface area contributed by atoms with Gasteiger partial charge in [-0.15, -0.1) is 0 Å². The quantitative estimate of drug-likeness (QED) is 0.428. The van der Waals surface area contributed by atoms with Gasteiger partial charge >= 0.3 is 0 Å². The molecule has 0 unspecified atom stereocenters. The van der Waals surface area contributed by atoms with E-state index in [0.29, 0.717) is 23.2 Å². The molecule has 36 heavy (non-hydrogen) atoms. The summed E-state index contributed by atoms with van der Waals surface area (Å²) < 4.78 is 7.50. The molecular formula is C27H32ClN5O3. The lowest BCUT2D eigenvalue weighted by molar-refractivity contribution is -0.120. The summed E-state index contributed by atoms with van der Waals surface area (Å²) in [6, 6.07) is 7.71. The van der Waals surface area contributed by atoms with Crippen LogP contribution in [0, 0.1) is 5.92 Å². The number of nitrogens with zero attached hydrogens (tertiary/aromatic N) is 4. The fraction of sp³-hybridized carbons (Fsp3) is 0.481. The number of hydrogen-bond donors (Lipinski definition) is 1. The van der Waals surface area contributed by atoms with Gasteiger partial charge in [0.1, 0.15) is 11.6 Å². The maximum absolute atomic E-state index is 13.2. The van der Waals surface area contributed by atoms with Crippen molar-refractivity contribution in [2.24, 2.45) is 5.92 Å². The van der Waals surface area contributed by atoms with Gasteiger partial charge in [-0.3, -0.25) is 9.59 Å². The second kappa shape index (κ2) is 10.5. The van der Waals surface area contributed by atoms with Gasteiger partial charge in [0.15, 0.2) is 17.4 Å². The van der Waals surface area contributed by atoms with E-state index in [1.165, 1.54) is 0 Å². The minimum absolute atomic E-state index is 0.0440. The van der Waals surface area contributed by atoms with Crippen LogP contribution in [0.15, 0.2) is 35.3 Å². The predicted molar refractivity (Wildman–Crippen MR) is 143 cm³/mol. The number of pyridine rings is 1. The average Bonchev–Trinajstić information content (AvgIpc) is 2.85. The van der Waals surface area contributed by atoms with Crippen molar-refractivity contribution in [2.45, 2.75) is 58.4 Å². The van der Waals surface area contributed by atoms with Crippen molar-refractivity contribution in [1.82, 2.24) is 14.5 Å². The summed E-state index contributed by atoms with van der Waals surface area (Å²) in [5, 5.41) is 4.61. The third-order valence-electron chi connectivity index (χ3n) is 7.29. The van der Waals surface area contributed by atoms with Gasteiger partial charge in [0.2, 0.25) is 5.95 Å². The van der Waals surface area contributed by atoms with Crippen LogP contribution in [0.3, 0.4) is 0 Å². The van der Waals surface area contributed by atoms with Crippen molar-refractivity contribution >= 4 is 45.7 Å². The number of benzene rings is 1.